The van der Waals surface area contributed by atoms with Crippen molar-refractivity contribution in [2.45, 2.75) is 43.2 Å². The van der Waals surface area contributed by atoms with Crippen LogP contribution in [0.25, 0.3) is 0 Å². The maximum absolute atomic E-state index is 11.1. The molecule has 1 amide bonds. The van der Waals surface area contributed by atoms with Crippen molar-refractivity contribution in [3.8, 4) is 6.19 Å². The second-order valence-electron chi connectivity index (χ2n) is 5.47. The molecule has 0 aliphatic heterocycles. The minimum atomic E-state index is -0.877. The van der Waals surface area contributed by atoms with Crippen LogP contribution in [0.1, 0.15) is 38.5 Å². The zero-order valence-electron chi connectivity index (χ0n) is 12.7. The summed E-state index contributed by atoms with van der Waals surface area (Å²) in [6.07, 6.45) is 10.5. The molecule has 1 fully saturated rings. The molecule has 1 aliphatic rings. The molecule has 21 heavy (non-hydrogen) atoms. The number of amides is 1. The molecule has 0 aromatic carbocycles. The Hall–Kier alpha value is -0.662. The van der Waals surface area contributed by atoms with Crippen LogP contribution in [0.15, 0.2) is 4.99 Å². The number of carbonyl (C=O) groups is 1. The molecule has 0 bridgehead atoms. The van der Waals surface area contributed by atoms with Gasteiger partial charge < -0.3 is 0 Å². The van der Waals surface area contributed by atoms with Gasteiger partial charge >= 0.3 is 138 Å². The maximum atomic E-state index is 11.1. The molecule has 0 saturated heterocycles. The summed E-state index contributed by atoms with van der Waals surface area (Å²) in [4.78, 5) is 16.3. The molecule has 1 saturated carbocycles. The molecule has 2 unspecified atom stereocenters. The predicted molar refractivity (Wildman–Crippen MR) is 89.3 cm³/mol. The fraction of sp³-hybridized carbons (Fsp3) is 0.786. The Morgan fingerprint density at radius 2 is 2.19 bits per heavy atom. The van der Waals surface area contributed by atoms with Gasteiger partial charge in [0.15, 0.2) is 0 Å². The molecule has 0 aromatic rings. The number of nitriles is 1. The second-order valence-corrected chi connectivity index (χ2v) is 10.3. The molecule has 1 aliphatic carbocycles. The molecular weight excluding hydrogens is 349 g/mol. The zero-order chi connectivity index (χ0) is 15.7. The quantitative estimate of drug-likeness (QED) is 0.336. The van der Waals surface area contributed by atoms with Crippen molar-refractivity contribution in [2.24, 2.45) is 10.9 Å². The Morgan fingerprint density at radius 3 is 2.71 bits per heavy atom. The van der Waals surface area contributed by atoms with Gasteiger partial charge in [-0.2, -0.15) is 0 Å². The molecule has 1 N–H and O–H groups in total. The normalized spacial score (nSPS) is 18.6. The van der Waals surface area contributed by atoms with E-state index >= 15 is 0 Å². The zero-order valence-corrected chi connectivity index (χ0v) is 15.6. The van der Waals surface area contributed by atoms with Crippen molar-refractivity contribution in [3.63, 3.8) is 0 Å². The standard InChI is InChI=1S/C14H24AsN3O2S/c1-18(14(19)20)9-12(15-13(21-2)17-10-16)8-11-6-4-3-5-7-11/h11-12,15H,3-9H2,1-2H3,(H,19,20)/b17-13+. The van der Waals surface area contributed by atoms with Crippen LogP contribution >= 0.6 is 11.8 Å². The third kappa shape index (κ3) is 7.24. The van der Waals surface area contributed by atoms with E-state index in [0.29, 0.717) is 11.3 Å². The van der Waals surface area contributed by atoms with Crippen LogP contribution in [-0.2, 0) is 0 Å². The minimum absolute atomic E-state index is 0.369. The van der Waals surface area contributed by atoms with Gasteiger partial charge in [-0.1, -0.05) is 0 Å². The van der Waals surface area contributed by atoms with E-state index in [-0.39, 0.29) is 0 Å². The molecule has 5 nitrogen and oxygen atoms in total. The summed E-state index contributed by atoms with van der Waals surface area (Å²) in [6, 6.07) is 0. The summed E-state index contributed by atoms with van der Waals surface area (Å²) < 4.78 is 1.30. The Bertz CT molecular complexity index is 406. The van der Waals surface area contributed by atoms with Crippen LogP contribution in [0.5, 0.6) is 0 Å². The van der Waals surface area contributed by atoms with E-state index in [0.717, 1.165) is 16.2 Å². The Kier molecular flexibility index (Phi) is 8.87. The number of aliphatic imine (C=N–C) groups is 1. The van der Waals surface area contributed by atoms with E-state index in [1.165, 1.54) is 48.8 Å². The van der Waals surface area contributed by atoms with Gasteiger partial charge in [0.1, 0.15) is 0 Å². The first kappa shape index (κ1) is 18.4. The molecule has 0 spiro atoms. The van der Waals surface area contributed by atoms with Gasteiger partial charge in [-0.25, -0.2) is 0 Å². The Labute approximate surface area is 137 Å². The third-order valence-electron chi connectivity index (χ3n) is 3.84. The second kappa shape index (κ2) is 10.1. The summed E-state index contributed by atoms with van der Waals surface area (Å²) in [5.74, 6) is 0.722. The van der Waals surface area contributed by atoms with E-state index in [9.17, 15) is 4.79 Å². The average molecular weight is 373 g/mol. The molecule has 2 atom stereocenters. The fourth-order valence-electron chi connectivity index (χ4n) is 2.77. The number of nitrogens with zero attached hydrogens (tertiary/aromatic N) is 3. The fourth-order valence-corrected chi connectivity index (χ4v) is 7.31. The number of thioether (sulfide) groups is 1. The SMILES string of the molecule is CS/C(=N/C#N)[AsH]C(CC1CCCCC1)CN(C)C(=O)O. The van der Waals surface area contributed by atoms with Gasteiger partial charge in [0.25, 0.3) is 0 Å². The van der Waals surface area contributed by atoms with Crippen LogP contribution in [0, 0.1) is 17.4 Å². The summed E-state index contributed by atoms with van der Waals surface area (Å²) in [5, 5.41) is 17.8. The monoisotopic (exact) mass is 373 g/mol. The first-order valence-electron chi connectivity index (χ1n) is 7.28. The molecule has 0 aromatic heterocycles. The van der Waals surface area contributed by atoms with E-state index in [4.69, 9.17) is 10.4 Å². The molecule has 0 heterocycles. The van der Waals surface area contributed by atoms with Gasteiger partial charge in [0.05, 0.1) is 0 Å². The van der Waals surface area contributed by atoms with Crippen molar-refractivity contribution in [3.05, 3.63) is 0 Å². The topological polar surface area (TPSA) is 76.7 Å². The van der Waals surface area contributed by atoms with Gasteiger partial charge in [0.2, 0.25) is 0 Å². The summed E-state index contributed by atoms with van der Waals surface area (Å²) >= 11 is 0.972. The van der Waals surface area contributed by atoms with Crippen LogP contribution in [0.3, 0.4) is 0 Å². The number of carboxylic acid groups (broad SMARTS) is 1. The van der Waals surface area contributed by atoms with Gasteiger partial charge in [-0.05, 0) is 0 Å². The molecule has 1 rings (SSSR count). The number of hydrogen-bond donors (Lipinski definition) is 1. The van der Waals surface area contributed by atoms with Crippen molar-refractivity contribution >= 4 is 37.4 Å². The average Bonchev–Trinajstić information content (AvgIpc) is 2.47. The Morgan fingerprint density at radius 1 is 1.52 bits per heavy atom. The first-order chi connectivity index (χ1) is 10.1. The molecule has 7 heteroatoms. The summed E-state index contributed by atoms with van der Waals surface area (Å²) in [6.45, 7) is 0.566. The van der Waals surface area contributed by atoms with Gasteiger partial charge in [0, 0.05) is 0 Å². The van der Waals surface area contributed by atoms with E-state index < -0.39 is 21.8 Å². The number of hydrogen-bond acceptors (Lipinski definition) is 4. The van der Waals surface area contributed by atoms with Crippen molar-refractivity contribution in [1.29, 1.82) is 5.26 Å². The third-order valence-corrected chi connectivity index (χ3v) is 8.70. The molecule has 118 valence electrons. The van der Waals surface area contributed by atoms with E-state index in [1.54, 1.807) is 7.05 Å². The van der Waals surface area contributed by atoms with Crippen molar-refractivity contribution in [1.82, 2.24) is 4.90 Å². The van der Waals surface area contributed by atoms with Crippen LogP contribution in [-0.4, -0.2) is 55.5 Å². The van der Waals surface area contributed by atoms with Crippen LogP contribution in [0.2, 0.25) is 4.71 Å². The van der Waals surface area contributed by atoms with E-state index in [1.807, 2.05) is 12.4 Å². The first-order valence-corrected chi connectivity index (χ1v) is 10.8. The predicted octanol–water partition coefficient (Wildman–Crippen LogP) is 2.99. The van der Waals surface area contributed by atoms with Gasteiger partial charge in [-0.15, -0.1) is 0 Å². The van der Waals surface area contributed by atoms with Crippen molar-refractivity contribution < 1.29 is 9.90 Å². The number of rotatable bonds is 6. The molecular formula is C14H24AsN3O2S. The van der Waals surface area contributed by atoms with Crippen molar-refractivity contribution in [2.75, 3.05) is 19.8 Å². The van der Waals surface area contributed by atoms with Crippen LogP contribution < -0.4 is 0 Å². The Balaban J connectivity index is 2.66. The van der Waals surface area contributed by atoms with E-state index in [2.05, 4.69) is 4.99 Å². The summed E-state index contributed by atoms with van der Waals surface area (Å²) in [5.41, 5.74) is 0. The molecule has 0 radical (unpaired) electrons. The van der Waals surface area contributed by atoms with Crippen LogP contribution in [0.4, 0.5) is 4.79 Å². The van der Waals surface area contributed by atoms with Gasteiger partial charge in [-0.3, -0.25) is 0 Å². The summed E-state index contributed by atoms with van der Waals surface area (Å²) in [7, 11) is 1.63.